The molecule has 0 saturated heterocycles. The lowest BCUT2D eigenvalue weighted by Crippen LogP contribution is -2.32. The largest absolute Gasteiger partial charge is 0.404 e. The zero-order valence-corrected chi connectivity index (χ0v) is 16.2. The number of aliphatic hydroxyl groups excluding tert-OH is 1. The van der Waals surface area contributed by atoms with Crippen molar-refractivity contribution in [1.82, 2.24) is 9.97 Å². The highest BCUT2D eigenvalue weighted by Crippen LogP contribution is 2.23. The highest BCUT2D eigenvalue weighted by atomic mass is 16.3. The molecule has 0 radical (unpaired) electrons. The van der Waals surface area contributed by atoms with Gasteiger partial charge < -0.3 is 16.6 Å². The standard InChI is InChI=1S/C21H25N7O/c1-14(29)11-25-12-17(10-22)20-7-5-18(23)21(27-20)28(24)13-15-4-6-19-16(9-15)3-2-8-26-19/h2-10,12,14,29H,11,13,22-24H2,1H3. The van der Waals surface area contributed by atoms with Crippen molar-refractivity contribution in [1.29, 1.82) is 0 Å². The zero-order chi connectivity index (χ0) is 20.8. The summed E-state index contributed by atoms with van der Waals surface area (Å²) >= 11 is 0. The second kappa shape index (κ2) is 9.13. The molecule has 1 aromatic carbocycles. The van der Waals surface area contributed by atoms with Crippen LogP contribution in [-0.4, -0.2) is 33.9 Å². The predicted molar refractivity (Wildman–Crippen MR) is 118 cm³/mol. The van der Waals surface area contributed by atoms with Gasteiger partial charge in [0.25, 0.3) is 0 Å². The second-order valence-corrected chi connectivity index (χ2v) is 6.73. The topological polar surface area (TPSA) is 140 Å². The fourth-order valence-corrected chi connectivity index (χ4v) is 2.84. The van der Waals surface area contributed by atoms with Gasteiger partial charge in [-0.25, -0.2) is 10.8 Å². The third kappa shape index (κ3) is 5.07. The Hall–Kier alpha value is -3.49. The Balaban J connectivity index is 1.83. The fraction of sp³-hybridized carbons (Fsp3) is 0.190. The number of nitrogen functional groups attached to an aromatic ring is 1. The molecule has 2 heterocycles. The van der Waals surface area contributed by atoms with Crippen molar-refractivity contribution < 1.29 is 5.11 Å². The predicted octanol–water partition coefficient (Wildman–Crippen LogP) is 1.84. The van der Waals surface area contributed by atoms with Gasteiger partial charge in [0.15, 0.2) is 5.82 Å². The summed E-state index contributed by atoms with van der Waals surface area (Å²) < 4.78 is 0. The minimum Gasteiger partial charge on any atom is -0.404 e. The maximum atomic E-state index is 9.34. The van der Waals surface area contributed by atoms with Crippen LogP contribution in [0.3, 0.4) is 0 Å². The Kier molecular flexibility index (Phi) is 6.38. The SMILES string of the molecule is CC(O)CN=CC(=CN)c1ccc(N)c(N(N)Cc2ccc3ncccc3c2)n1. The molecule has 0 aliphatic rings. The van der Waals surface area contributed by atoms with Crippen molar-refractivity contribution >= 4 is 34.2 Å². The van der Waals surface area contributed by atoms with Crippen LogP contribution in [0.4, 0.5) is 11.5 Å². The van der Waals surface area contributed by atoms with Crippen molar-refractivity contribution in [3.63, 3.8) is 0 Å². The molecule has 0 aliphatic heterocycles. The lowest BCUT2D eigenvalue weighted by atomic mass is 10.1. The number of nitrogens with zero attached hydrogens (tertiary/aromatic N) is 4. The molecule has 0 saturated carbocycles. The van der Waals surface area contributed by atoms with Crippen molar-refractivity contribution in [2.24, 2.45) is 16.6 Å². The van der Waals surface area contributed by atoms with E-state index in [0.29, 0.717) is 29.3 Å². The van der Waals surface area contributed by atoms with E-state index in [0.717, 1.165) is 16.5 Å². The van der Waals surface area contributed by atoms with E-state index in [1.807, 2.05) is 30.3 Å². The van der Waals surface area contributed by atoms with Crippen LogP contribution in [0, 0.1) is 0 Å². The number of pyridine rings is 2. The minimum atomic E-state index is -0.531. The zero-order valence-electron chi connectivity index (χ0n) is 16.2. The molecule has 2 aromatic heterocycles. The van der Waals surface area contributed by atoms with Gasteiger partial charge in [-0.2, -0.15) is 0 Å². The van der Waals surface area contributed by atoms with E-state index in [1.165, 1.54) is 11.2 Å². The molecule has 0 spiro atoms. The van der Waals surface area contributed by atoms with Gasteiger partial charge in [-0.15, -0.1) is 0 Å². The summed E-state index contributed by atoms with van der Waals surface area (Å²) in [7, 11) is 0. The Morgan fingerprint density at radius 3 is 2.86 bits per heavy atom. The van der Waals surface area contributed by atoms with Gasteiger partial charge in [0.2, 0.25) is 0 Å². The first-order chi connectivity index (χ1) is 14.0. The van der Waals surface area contributed by atoms with Gasteiger partial charge in [-0.1, -0.05) is 12.1 Å². The molecule has 3 aromatic rings. The summed E-state index contributed by atoms with van der Waals surface area (Å²) in [4.78, 5) is 13.1. The van der Waals surface area contributed by atoms with Crippen molar-refractivity contribution in [3.8, 4) is 0 Å². The number of aliphatic hydroxyl groups is 1. The molecule has 0 fully saturated rings. The van der Waals surface area contributed by atoms with Crippen LogP contribution in [0.5, 0.6) is 0 Å². The number of allylic oxidation sites excluding steroid dienone is 1. The van der Waals surface area contributed by atoms with Gasteiger partial charge in [0, 0.05) is 29.6 Å². The van der Waals surface area contributed by atoms with E-state index >= 15 is 0 Å². The molecular formula is C21H25N7O. The number of benzene rings is 1. The summed E-state index contributed by atoms with van der Waals surface area (Å²) in [5.74, 6) is 6.72. The lowest BCUT2D eigenvalue weighted by Gasteiger charge is -2.20. The molecule has 150 valence electrons. The first-order valence-corrected chi connectivity index (χ1v) is 9.20. The number of aromatic nitrogens is 2. The normalized spacial score (nSPS) is 13.1. The number of hydrogen-bond donors (Lipinski definition) is 4. The molecule has 8 nitrogen and oxygen atoms in total. The Morgan fingerprint density at radius 1 is 1.28 bits per heavy atom. The van der Waals surface area contributed by atoms with Crippen LogP contribution in [0.1, 0.15) is 18.2 Å². The van der Waals surface area contributed by atoms with E-state index in [-0.39, 0.29) is 6.54 Å². The van der Waals surface area contributed by atoms with Crippen LogP contribution < -0.4 is 22.3 Å². The van der Waals surface area contributed by atoms with Gasteiger partial charge in [0.05, 0.1) is 36.1 Å². The molecule has 8 heteroatoms. The highest BCUT2D eigenvalue weighted by molar-refractivity contribution is 6.09. The molecule has 29 heavy (non-hydrogen) atoms. The molecule has 7 N–H and O–H groups in total. The Morgan fingerprint density at radius 2 is 2.10 bits per heavy atom. The first-order valence-electron chi connectivity index (χ1n) is 9.20. The third-order valence-electron chi connectivity index (χ3n) is 4.27. The number of hydrogen-bond acceptors (Lipinski definition) is 8. The van der Waals surface area contributed by atoms with Crippen LogP contribution in [-0.2, 0) is 6.54 Å². The number of aliphatic imine (C=N–C) groups is 1. The molecule has 3 rings (SSSR count). The molecule has 0 bridgehead atoms. The summed E-state index contributed by atoms with van der Waals surface area (Å²) in [6.45, 7) is 2.36. The van der Waals surface area contributed by atoms with Crippen molar-refractivity contribution in [2.75, 3.05) is 17.3 Å². The monoisotopic (exact) mass is 391 g/mol. The van der Waals surface area contributed by atoms with E-state index in [9.17, 15) is 5.11 Å². The number of nitrogens with two attached hydrogens (primary N) is 3. The van der Waals surface area contributed by atoms with Gasteiger partial charge in [-0.3, -0.25) is 15.0 Å². The molecular weight excluding hydrogens is 366 g/mol. The lowest BCUT2D eigenvalue weighted by molar-refractivity contribution is 0.204. The molecule has 1 atom stereocenters. The Labute approximate surface area is 169 Å². The van der Waals surface area contributed by atoms with E-state index in [1.54, 1.807) is 31.5 Å². The van der Waals surface area contributed by atoms with Crippen LogP contribution in [0.25, 0.3) is 16.5 Å². The highest BCUT2D eigenvalue weighted by Gasteiger charge is 2.12. The average Bonchev–Trinajstić information content (AvgIpc) is 2.71. The third-order valence-corrected chi connectivity index (χ3v) is 4.27. The first kappa shape index (κ1) is 20.2. The minimum absolute atomic E-state index is 0.277. The summed E-state index contributed by atoms with van der Waals surface area (Å²) in [6.07, 6.45) is 4.22. The molecule has 1 unspecified atom stereocenters. The van der Waals surface area contributed by atoms with E-state index in [4.69, 9.17) is 17.3 Å². The quantitative estimate of drug-likeness (QED) is 0.274. The van der Waals surface area contributed by atoms with E-state index in [2.05, 4.69) is 15.0 Å². The van der Waals surface area contributed by atoms with Gasteiger partial charge in [0.1, 0.15) is 0 Å². The summed E-state index contributed by atoms with van der Waals surface area (Å²) in [6, 6.07) is 13.4. The fourth-order valence-electron chi connectivity index (χ4n) is 2.84. The number of hydrazine groups is 1. The van der Waals surface area contributed by atoms with Crippen LogP contribution in [0.2, 0.25) is 0 Å². The summed E-state index contributed by atoms with van der Waals surface area (Å²) in [5.41, 5.74) is 15.4. The van der Waals surface area contributed by atoms with E-state index < -0.39 is 6.10 Å². The number of fused-ring (bicyclic) bond motifs is 1. The Bertz CT molecular complexity index is 1050. The second-order valence-electron chi connectivity index (χ2n) is 6.73. The molecule has 0 aliphatic carbocycles. The summed E-state index contributed by atoms with van der Waals surface area (Å²) in [5, 5.41) is 11.9. The van der Waals surface area contributed by atoms with Crippen LogP contribution in [0.15, 0.2) is 59.9 Å². The van der Waals surface area contributed by atoms with Crippen molar-refractivity contribution in [2.45, 2.75) is 19.6 Å². The van der Waals surface area contributed by atoms with Gasteiger partial charge >= 0.3 is 0 Å². The smallest absolute Gasteiger partial charge is 0.166 e. The van der Waals surface area contributed by atoms with Crippen molar-refractivity contribution in [3.05, 3.63) is 66.1 Å². The number of anilines is 2. The maximum absolute atomic E-state index is 9.34. The van der Waals surface area contributed by atoms with Gasteiger partial charge in [-0.05, 0) is 42.8 Å². The maximum Gasteiger partial charge on any atom is 0.166 e. The number of rotatable bonds is 7. The average molecular weight is 391 g/mol. The molecule has 0 amide bonds. The van der Waals surface area contributed by atoms with Crippen LogP contribution >= 0.6 is 0 Å².